The van der Waals surface area contributed by atoms with Crippen LogP contribution in [-0.4, -0.2) is 15.7 Å². The molecule has 0 fully saturated rings. The molecule has 2 rings (SSSR count). The molecule has 5 nitrogen and oxygen atoms in total. The number of nitriles is 1. The number of carbonyl (C=O) groups is 1. The van der Waals surface area contributed by atoms with Gasteiger partial charge in [-0.2, -0.15) is 10.4 Å². The Morgan fingerprint density at radius 1 is 1.53 bits per heavy atom. The zero-order valence-electron chi connectivity index (χ0n) is 9.60. The van der Waals surface area contributed by atoms with E-state index >= 15 is 0 Å². The number of rotatable bonds is 3. The topological polar surface area (TPSA) is 70.7 Å². The molecule has 7 heteroatoms. The van der Waals surface area contributed by atoms with Crippen LogP contribution in [0.1, 0.15) is 10.4 Å². The molecule has 19 heavy (non-hydrogen) atoms. The normalized spacial score (nSPS) is 9.95. The molecule has 0 saturated carbocycles. The first-order valence-corrected chi connectivity index (χ1v) is 5.65. The Bertz CT molecular complexity index is 642. The standard InChI is InChI=1S/C12H8ClFN4O/c13-8-2-1-3-9(14)11(8)12(19)16-10-4-6-18(17-10)7-5-15/h1-4,6H,7H2,(H,16,17,19). The SMILES string of the molecule is N#CCn1ccc(NC(=O)c2c(F)cccc2Cl)n1. The van der Waals surface area contributed by atoms with Crippen molar-refractivity contribution in [3.8, 4) is 6.07 Å². The summed E-state index contributed by atoms with van der Waals surface area (Å²) in [7, 11) is 0. The average molecular weight is 279 g/mol. The van der Waals surface area contributed by atoms with Crippen LogP contribution in [0.5, 0.6) is 0 Å². The van der Waals surface area contributed by atoms with Gasteiger partial charge in [-0.15, -0.1) is 0 Å². The molecule has 0 aliphatic heterocycles. The van der Waals surface area contributed by atoms with Crippen molar-refractivity contribution in [2.45, 2.75) is 6.54 Å². The van der Waals surface area contributed by atoms with E-state index < -0.39 is 11.7 Å². The number of halogens is 2. The van der Waals surface area contributed by atoms with Crippen LogP contribution in [0.3, 0.4) is 0 Å². The van der Waals surface area contributed by atoms with E-state index in [4.69, 9.17) is 16.9 Å². The van der Waals surface area contributed by atoms with Crippen LogP contribution in [0.25, 0.3) is 0 Å². The van der Waals surface area contributed by atoms with Gasteiger partial charge in [-0.05, 0) is 12.1 Å². The molecule has 1 aromatic heterocycles. The lowest BCUT2D eigenvalue weighted by atomic mass is 10.2. The van der Waals surface area contributed by atoms with Crippen LogP contribution < -0.4 is 5.32 Å². The first-order chi connectivity index (χ1) is 9.11. The number of hydrogen-bond acceptors (Lipinski definition) is 3. The summed E-state index contributed by atoms with van der Waals surface area (Å²) in [6.45, 7) is 0.0658. The summed E-state index contributed by atoms with van der Waals surface area (Å²) in [6, 6.07) is 7.40. The van der Waals surface area contributed by atoms with Crippen LogP contribution in [0.15, 0.2) is 30.5 Å². The molecule has 0 spiro atoms. The van der Waals surface area contributed by atoms with Gasteiger partial charge in [-0.1, -0.05) is 17.7 Å². The van der Waals surface area contributed by atoms with E-state index in [2.05, 4.69) is 10.4 Å². The fourth-order valence-corrected chi connectivity index (χ4v) is 1.73. The number of aromatic nitrogens is 2. The van der Waals surface area contributed by atoms with Crippen molar-refractivity contribution >= 4 is 23.3 Å². The highest BCUT2D eigenvalue weighted by atomic mass is 35.5. The van der Waals surface area contributed by atoms with Crippen LogP contribution in [0, 0.1) is 17.1 Å². The summed E-state index contributed by atoms with van der Waals surface area (Å²) in [6.07, 6.45) is 1.53. The Hall–Kier alpha value is -2.39. The number of carbonyl (C=O) groups excluding carboxylic acids is 1. The molecule has 0 aliphatic rings. The van der Waals surface area contributed by atoms with Crippen molar-refractivity contribution in [1.29, 1.82) is 5.26 Å². The van der Waals surface area contributed by atoms with Crippen LogP contribution in [0.2, 0.25) is 5.02 Å². The summed E-state index contributed by atoms with van der Waals surface area (Å²) in [5, 5.41) is 14.9. The third-order valence-corrected chi connectivity index (χ3v) is 2.62. The Labute approximate surface area is 113 Å². The predicted octanol–water partition coefficient (Wildman–Crippen LogP) is 2.45. The van der Waals surface area contributed by atoms with Gasteiger partial charge in [-0.3, -0.25) is 9.48 Å². The number of hydrogen-bond donors (Lipinski definition) is 1. The number of nitrogens with one attached hydrogen (secondary N) is 1. The predicted molar refractivity (Wildman–Crippen MR) is 67.2 cm³/mol. The third kappa shape index (κ3) is 2.89. The fourth-order valence-electron chi connectivity index (χ4n) is 1.48. The minimum atomic E-state index is -0.707. The lowest BCUT2D eigenvalue weighted by Crippen LogP contribution is -2.15. The summed E-state index contributed by atoms with van der Waals surface area (Å²) in [5.41, 5.74) is -0.237. The second-order valence-corrected chi connectivity index (χ2v) is 4.01. The van der Waals surface area contributed by atoms with Crippen molar-refractivity contribution in [3.05, 3.63) is 46.9 Å². The van der Waals surface area contributed by atoms with E-state index in [9.17, 15) is 9.18 Å². The molecule has 0 bridgehead atoms. The number of nitrogens with zero attached hydrogens (tertiary/aromatic N) is 3. The van der Waals surface area contributed by atoms with E-state index in [1.54, 1.807) is 0 Å². The molecule has 1 amide bonds. The zero-order valence-corrected chi connectivity index (χ0v) is 10.4. The lowest BCUT2D eigenvalue weighted by Gasteiger charge is -2.05. The molecule has 2 aromatic rings. The molecule has 0 atom stereocenters. The molecular weight excluding hydrogens is 271 g/mol. The summed E-state index contributed by atoms with van der Waals surface area (Å²) >= 11 is 5.78. The number of benzene rings is 1. The summed E-state index contributed by atoms with van der Waals surface area (Å²) in [4.78, 5) is 11.9. The van der Waals surface area contributed by atoms with Crippen molar-refractivity contribution in [2.24, 2.45) is 0 Å². The number of amides is 1. The smallest absolute Gasteiger partial charge is 0.261 e. The third-order valence-electron chi connectivity index (χ3n) is 2.30. The van der Waals surface area contributed by atoms with Gasteiger partial charge in [-0.25, -0.2) is 4.39 Å². The molecule has 96 valence electrons. The minimum absolute atomic E-state index is 0.0222. The monoisotopic (exact) mass is 278 g/mol. The van der Waals surface area contributed by atoms with Crippen molar-refractivity contribution in [2.75, 3.05) is 5.32 Å². The fraction of sp³-hybridized carbons (Fsp3) is 0.0833. The van der Waals surface area contributed by atoms with E-state index in [1.807, 2.05) is 6.07 Å². The zero-order chi connectivity index (χ0) is 13.8. The molecule has 1 aromatic carbocycles. The Kier molecular flexibility index (Phi) is 3.78. The highest BCUT2D eigenvalue weighted by Crippen LogP contribution is 2.20. The van der Waals surface area contributed by atoms with Gasteiger partial charge < -0.3 is 5.32 Å². The van der Waals surface area contributed by atoms with Gasteiger partial charge in [0.15, 0.2) is 5.82 Å². The Morgan fingerprint density at radius 3 is 3.00 bits per heavy atom. The largest absolute Gasteiger partial charge is 0.305 e. The van der Waals surface area contributed by atoms with Crippen molar-refractivity contribution in [1.82, 2.24) is 9.78 Å². The molecule has 0 radical (unpaired) electrons. The van der Waals surface area contributed by atoms with Crippen molar-refractivity contribution in [3.63, 3.8) is 0 Å². The van der Waals surface area contributed by atoms with Gasteiger partial charge in [0.1, 0.15) is 12.4 Å². The second kappa shape index (κ2) is 5.50. The maximum atomic E-state index is 13.5. The summed E-state index contributed by atoms with van der Waals surface area (Å²) in [5.74, 6) is -1.17. The Balaban J connectivity index is 2.19. The highest BCUT2D eigenvalue weighted by molar-refractivity contribution is 6.34. The van der Waals surface area contributed by atoms with Gasteiger partial charge >= 0.3 is 0 Å². The first-order valence-electron chi connectivity index (χ1n) is 5.27. The van der Waals surface area contributed by atoms with E-state index in [-0.39, 0.29) is 22.9 Å². The quantitative estimate of drug-likeness (QED) is 0.937. The maximum absolute atomic E-state index is 13.5. The maximum Gasteiger partial charge on any atom is 0.261 e. The Morgan fingerprint density at radius 2 is 2.32 bits per heavy atom. The lowest BCUT2D eigenvalue weighted by molar-refractivity contribution is 0.102. The molecule has 0 aliphatic carbocycles. The van der Waals surface area contributed by atoms with E-state index in [1.165, 1.54) is 29.1 Å². The van der Waals surface area contributed by atoms with Crippen LogP contribution >= 0.6 is 11.6 Å². The molecular formula is C12H8ClFN4O. The van der Waals surface area contributed by atoms with Gasteiger partial charge in [0.05, 0.1) is 16.7 Å². The highest BCUT2D eigenvalue weighted by Gasteiger charge is 2.16. The first kappa shape index (κ1) is 13.1. The van der Waals surface area contributed by atoms with E-state index in [0.717, 1.165) is 6.07 Å². The number of anilines is 1. The van der Waals surface area contributed by atoms with Crippen LogP contribution in [-0.2, 0) is 6.54 Å². The van der Waals surface area contributed by atoms with Gasteiger partial charge in [0.2, 0.25) is 0 Å². The van der Waals surface area contributed by atoms with E-state index in [0.29, 0.717) is 0 Å². The molecule has 0 unspecified atom stereocenters. The summed E-state index contributed by atoms with van der Waals surface area (Å²) < 4.78 is 14.9. The second-order valence-electron chi connectivity index (χ2n) is 3.61. The molecule has 0 saturated heterocycles. The molecule has 1 heterocycles. The van der Waals surface area contributed by atoms with Gasteiger partial charge in [0, 0.05) is 12.3 Å². The minimum Gasteiger partial charge on any atom is -0.305 e. The molecule has 1 N–H and O–H groups in total. The van der Waals surface area contributed by atoms with Crippen molar-refractivity contribution < 1.29 is 9.18 Å². The van der Waals surface area contributed by atoms with Crippen LogP contribution in [0.4, 0.5) is 10.2 Å². The average Bonchev–Trinajstić information content (AvgIpc) is 2.77. The van der Waals surface area contributed by atoms with Gasteiger partial charge in [0.25, 0.3) is 5.91 Å².